The number of carbonyl (C=O) groups excluding carboxylic acids is 1. The van der Waals surface area contributed by atoms with Gasteiger partial charge in [-0.1, -0.05) is 61.9 Å². The first-order chi connectivity index (χ1) is 13.6. The Hall–Kier alpha value is -2.72. The minimum absolute atomic E-state index is 0.0356. The molecule has 4 heteroatoms. The molecule has 0 radical (unpaired) electrons. The molecule has 1 amide bonds. The number of hydrogen-bond donors (Lipinski definition) is 1. The molecule has 0 aliphatic carbocycles. The highest BCUT2D eigenvalue weighted by Crippen LogP contribution is 2.25. The molecule has 3 rings (SSSR count). The van der Waals surface area contributed by atoms with Crippen molar-refractivity contribution in [2.45, 2.75) is 27.2 Å². The number of pyridine rings is 1. The van der Waals surface area contributed by atoms with Gasteiger partial charge in [-0.05, 0) is 45.1 Å². The van der Waals surface area contributed by atoms with Crippen molar-refractivity contribution in [2.75, 3.05) is 26.2 Å². The zero-order chi connectivity index (χ0) is 19.9. The lowest BCUT2D eigenvalue weighted by atomic mass is 10.0. The molecule has 1 aromatic heterocycles. The van der Waals surface area contributed by atoms with Gasteiger partial charge in [-0.2, -0.15) is 0 Å². The van der Waals surface area contributed by atoms with Crippen LogP contribution in [0, 0.1) is 6.92 Å². The molecule has 0 fully saturated rings. The van der Waals surface area contributed by atoms with Gasteiger partial charge >= 0.3 is 0 Å². The number of hydrogen-bond acceptors (Lipinski definition) is 3. The third-order valence-corrected chi connectivity index (χ3v) is 5.14. The van der Waals surface area contributed by atoms with Crippen molar-refractivity contribution in [2.24, 2.45) is 0 Å². The normalized spacial score (nSPS) is 11.1. The highest BCUT2D eigenvalue weighted by Gasteiger charge is 2.13. The summed E-state index contributed by atoms with van der Waals surface area (Å²) >= 11 is 0. The number of fused-ring (bicyclic) bond motifs is 1. The zero-order valence-electron chi connectivity index (χ0n) is 17.0. The topological polar surface area (TPSA) is 45.2 Å². The quantitative estimate of drug-likeness (QED) is 0.582. The predicted octanol–water partition coefficient (Wildman–Crippen LogP) is 4.67. The Morgan fingerprint density at radius 3 is 2.46 bits per heavy atom. The van der Waals surface area contributed by atoms with Crippen molar-refractivity contribution in [3.8, 4) is 11.3 Å². The van der Waals surface area contributed by atoms with Gasteiger partial charge < -0.3 is 10.2 Å². The van der Waals surface area contributed by atoms with Crippen molar-refractivity contribution < 1.29 is 4.79 Å². The van der Waals surface area contributed by atoms with Gasteiger partial charge in [0.05, 0.1) is 16.8 Å². The summed E-state index contributed by atoms with van der Waals surface area (Å²) in [5.74, 6) is -0.0356. The van der Waals surface area contributed by atoms with Gasteiger partial charge in [0.15, 0.2) is 0 Å². The summed E-state index contributed by atoms with van der Waals surface area (Å²) in [5, 5.41) is 3.98. The van der Waals surface area contributed by atoms with E-state index in [0.29, 0.717) is 12.1 Å². The van der Waals surface area contributed by atoms with Crippen molar-refractivity contribution >= 4 is 16.8 Å². The standard InChI is InChI=1S/C24H29N3O/c1-4-27(5-2)16-8-15-25-24(28)21-17-23(19-13-11-18(3)12-14-19)26-22-10-7-6-9-20(21)22/h6-7,9-14,17H,4-5,8,15-16H2,1-3H3,(H,25,28). The molecule has 1 heterocycles. The van der Waals surface area contributed by atoms with Crippen molar-refractivity contribution in [1.29, 1.82) is 0 Å². The first-order valence-corrected chi connectivity index (χ1v) is 10.1. The molecule has 0 spiro atoms. The fourth-order valence-electron chi connectivity index (χ4n) is 3.38. The second kappa shape index (κ2) is 9.47. The van der Waals surface area contributed by atoms with E-state index in [2.05, 4.69) is 55.3 Å². The molecule has 4 nitrogen and oxygen atoms in total. The van der Waals surface area contributed by atoms with Crippen LogP contribution in [0.1, 0.15) is 36.2 Å². The molecule has 0 bridgehead atoms. The van der Waals surface area contributed by atoms with Crippen LogP contribution in [0.2, 0.25) is 0 Å². The monoisotopic (exact) mass is 375 g/mol. The van der Waals surface area contributed by atoms with E-state index in [9.17, 15) is 4.79 Å². The van der Waals surface area contributed by atoms with Crippen LogP contribution in [0.4, 0.5) is 0 Å². The van der Waals surface area contributed by atoms with Crippen LogP contribution in [-0.4, -0.2) is 42.0 Å². The first-order valence-electron chi connectivity index (χ1n) is 10.1. The van der Waals surface area contributed by atoms with E-state index in [1.165, 1.54) is 5.56 Å². The van der Waals surface area contributed by atoms with Crippen LogP contribution in [0.25, 0.3) is 22.2 Å². The molecule has 0 saturated heterocycles. The van der Waals surface area contributed by atoms with E-state index >= 15 is 0 Å². The van der Waals surface area contributed by atoms with Crippen LogP contribution in [0.3, 0.4) is 0 Å². The summed E-state index contributed by atoms with van der Waals surface area (Å²) in [6.07, 6.45) is 0.946. The lowest BCUT2D eigenvalue weighted by Crippen LogP contribution is -2.30. The molecule has 0 aliphatic rings. The lowest BCUT2D eigenvalue weighted by molar-refractivity contribution is 0.0953. The molecule has 0 unspecified atom stereocenters. The third-order valence-electron chi connectivity index (χ3n) is 5.14. The number of rotatable bonds is 8. The Bertz CT molecular complexity index is 930. The van der Waals surface area contributed by atoms with Gasteiger partial charge in [-0.25, -0.2) is 4.98 Å². The largest absolute Gasteiger partial charge is 0.352 e. The Morgan fingerprint density at radius 1 is 1.04 bits per heavy atom. The summed E-state index contributed by atoms with van der Waals surface area (Å²) in [6, 6.07) is 18.0. The summed E-state index contributed by atoms with van der Waals surface area (Å²) in [7, 11) is 0. The second-order valence-electron chi connectivity index (χ2n) is 7.07. The molecule has 0 saturated carbocycles. The maximum Gasteiger partial charge on any atom is 0.252 e. The van der Waals surface area contributed by atoms with E-state index in [0.717, 1.165) is 48.2 Å². The van der Waals surface area contributed by atoms with Gasteiger partial charge in [0.25, 0.3) is 5.91 Å². The van der Waals surface area contributed by atoms with Gasteiger partial charge in [-0.3, -0.25) is 4.79 Å². The van der Waals surface area contributed by atoms with Crippen LogP contribution < -0.4 is 5.32 Å². The zero-order valence-corrected chi connectivity index (χ0v) is 17.0. The average Bonchev–Trinajstić information content (AvgIpc) is 2.73. The Labute approximate surface area is 167 Å². The van der Waals surface area contributed by atoms with E-state index in [1.54, 1.807) is 0 Å². The number of benzene rings is 2. The summed E-state index contributed by atoms with van der Waals surface area (Å²) in [4.78, 5) is 20.1. The van der Waals surface area contributed by atoms with Crippen LogP contribution in [-0.2, 0) is 0 Å². The minimum atomic E-state index is -0.0356. The molecule has 3 aromatic rings. The molecule has 1 N–H and O–H groups in total. The van der Waals surface area contributed by atoms with Crippen molar-refractivity contribution in [1.82, 2.24) is 15.2 Å². The predicted molar refractivity (Wildman–Crippen MR) is 117 cm³/mol. The number of para-hydroxylation sites is 1. The number of carbonyl (C=O) groups is 1. The Morgan fingerprint density at radius 2 is 1.75 bits per heavy atom. The van der Waals surface area contributed by atoms with Gasteiger partial charge in [0.2, 0.25) is 0 Å². The van der Waals surface area contributed by atoms with E-state index in [-0.39, 0.29) is 5.91 Å². The summed E-state index contributed by atoms with van der Waals surface area (Å²) in [5.41, 5.74) is 4.58. The van der Waals surface area contributed by atoms with Gasteiger partial charge in [0.1, 0.15) is 0 Å². The van der Waals surface area contributed by atoms with Crippen LogP contribution in [0.15, 0.2) is 54.6 Å². The van der Waals surface area contributed by atoms with E-state index < -0.39 is 0 Å². The number of nitrogens with one attached hydrogen (secondary N) is 1. The maximum atomic E-state index is 12.9. The molecule has 146 valence electrons. The van der Waals surface area contributed by atoms with Gasteiger partial charge in [0, 0.05) is 17.5 Å². The molecule has 2 aromatic carbocycles. The second-order valence-corrected chi connectivity index (χ2v) is 7.07. The van der Waals surface area contributed by atoms with E-state index in [1.807, 2.05) is 30.3 Å². The van der Waals surface area contributed by atoms with E-state index in [4.69, 9.17) is 4.98 Å². The number of amides is 1. The van der Waals surface area contributed by atoms with Crippen LogP contribution in [0.5, 0.6) is 0 Å². The first kappa shape index (κ1) is 20.0. The fraction of sp³-hybridized carbons (Fsp3) is 0.333. The average molecular weight is 376 g/mol. The smallest absolute Gasteiger partial charge is 0.252 e. The lowest BCUT2D eigenvalue weighted by Gasteiger charge is -2.17. The fourth-order valence-corrected chi connectivity index (χ4v) is 3.38. The maximum absolute atomic E-state index is 12.9. The highest BCUT2D eigenvalue weighted by atomic mass is 16.1. The van der Waals surface area contributed by atoms with Gasteiger partial charge in [-0.15, -0.1) is 0 Å². The SMILES string of the molecule is CCN(CC)CCCNC(=O)c1cc(-c2ccc(C)cc2)nc2ccccc12. The Kier molecular flexibility index (Phi) is 6.77. The molecule has 0 atom stereocenters. The molecular formula is C24H29N3O. The summed E-state index contributed by atoms with van der Waals surface area (Å²) in [6.45, 7) is 10.1. The van der Waals surface area contributed by atoms with Crippen molar-refractivity contribution in [3.05, 3.63) is 65.7 Å². The molecule has 0 aliphatic heterocycles. The number of nitrogens with zero attached hydrogens (tertiary/aromatic N) is 2. The number of aromatic nitrogens is 1. The minimum Gasteiger partial charge on any atom is -0.352 e. The highest BCUT2D eigenvalue weighted by molar-refractivity contribution is 6.07. The number of aryl methyl sites for hydroxylation is 1. The van der Waals surface area contributed by atoms with Crippen molar-refractivity contribution in [3.63, 3.8) is 0 Å². The summed E-state index contributed by atoms with van der Waals surface area (Å²) < 4.78 is 0. The van der Waals surface area contributed by atoms with Crippen LogP contribution >= 0.6 is 0 Å². The molecule has 28 heavy (non-hydrogen) atoms. The molecular weight excluding hydrogens is 346 g/mol. The Balaban J connectivity index is 1.82. The third kappa shape index (κ3) is 4.76.